The predicted molar refractivity (Wildman–Crippen MR) is 77.6 cm³/mol. The summed E-state index contributed by atoms with van der Waals surface area (Å²) in [5.74, 6) is 1.95. The van der Waals surface area contributed by atoms with Crippen molar-refractivity contribution in [2.24, 2.45) is 5.73 Å². The molecule has 0 aliphatic rings. The first kappa shape index (κ1) is 13.8. The third-order valence-corrected chi connectivity index (χ3v) is 3.26. The molecule has 0 saturated carbocycles. The van der Waals surface area contributed by atoms with Gasteiger partial charge in [0.15, 0.2) is 0 Å². The van der Waals surface area contributed by atoms with E-state index in [1.54, 1.807) is 13.3 Å². The Bertz CT molecular complexity index is 573. The van der Waals surface area contributed by atoms with Gasteiger partial charge < -0.3 is 15.2 Å². The Morgan fingerprint density at radius 3 is 2.68 bits per heavy atom. The van der Waals surface area contributed by atoms with Crippen molar-refractivity contribution in [2.75, 3.05) is 7.11 Å². The number of ether oxygens (including phenoxy) is 2. The first-order chi connectivity index (χ1) is 9.10. The lowest BCUT2D eigenvalue weighted by atomic mass is 10.1. The Kier molecular flexibility index (Phi) is 4.39. The van der Waals surface area contributed by atoms with Gasteiger partial charge >= 0.3 is 0 Å². The molecule has 1 heterocycles. The van der Waals surface area contributed by atoms with E-state index >= 15 is 0 Å². The van der Waals surface area contributed by atoms with Crippen LogP contribution < -0.4 is 15.2 Å². The number of hydrogen-bond acceptors (Lipinski definition) is 4. The zero-order valence-electron chi connectivity index (χ0n) is 10.8. The van der Waals surface area contributed by atoms with Gasteiger partial charge in [-0.2, -0.15) is 0 Å². The Hall–Kier alpha value is -1.59. The van der Waals surface area contributed by atoms with E-state index in [2.05, 4.69) is 20.9 Å². The molecule has 1 unspecified atom stereocenters. The van der Waals surface area contributed by atoms with Crippen LogP contribution in [0.4, 0.5) is 0 Å². The van der Waals surface area contributed by atoms with E-state index < -0.39 is 0 Å². The van der Waals surface area contributed by atoms with Crippen molar-refractivity contribution >= 4 is 15.9 Å². The quantitative estimate of drug-likeness (QED) is 0.933. The molecule has 2 N–H and O–H groups in total. The van der Waals surface area contributed by atoms with E-state index in [0.717, 1.165) is 15.8 Å². The van der Waals surface area contributed by atoms with Gasteiger partial charge in [0.05, 0.1) is 11.6 Å². The third-order valence-electron chi connectivity index (χ3n) is 2.64. The van der Waals surface area contributed by atoms with Crippen LogP contribution in [0, 0.1) is 0 Å². The molecule has 1 aromatic carbocycles. The molecule has 0 aliphatic heterocycles. The SMILES string of the molecule is COc1ccc(Oc2cc(C(C)N)ccn2)c(Br)c1. The maximum absolute atomic E-state index is 5.83. The number of methoxy groups -OCH3 is 1. The lowest BCUT2D eigenvalue weighted by molar-refractivity contribution is 0.411. The fourth-order valence-electron chi connectivity index (χ4n) is 1.57. The Morgan fingerprint density at radius 2 is 2.05 bits per heavy atom. The van der Waals surface area contributed by atoms with Gasteiger partial charge in [-0.25, -0.2) is 4.98 Å². The summed E-state index contributed by atoms with van der Waals surface area (Å²) in [6.07, 6.45) is 1.69. The molecule has 0 radical (unpaired) electrons. The summed E-state index contributed by atoms with van der Waals surface area (Å²) in [6, 6.07) is 9.15. The molecule has 0 aliphatic carbocycles. The van der Waals surface area contributed by atoms with Gasteiger partial charge in [-0.15, -0.1) is 0 Å². The Balaban J connectivity index is 2.23. The highest BCUT2D eigenvalue weighted by Crippen LogP contribution is 2.32. The summed E-state index contributed by atoms with van der Waals surface area (Å²) in [7, 11) is 1.62. The lowest BCUT2D eigenvalue weighted by Gasteiger charge is -2.10. The van der Waals surface area contributed by atoms with Crippen molar-refractivity contribution in [1.82, 2.24) is 4.98 Å². The average Bonchev–Trinajstić information content (AvgIpc) is 2.41. The molecule has 1 atom stereocenters. The second-order valence-electron chi connectivity index (χ2n) is 4.11. The average molecular weight is 323 g/mol. The van der Waals surface area contributed by atoms with Crippen LogP contribution in [0.2, 0.25) is 0 Å². The molecular weight excluding hydrogens is 308 g/mol. The molecule has 2 aromatic rings. The van der Waals surface area contributed by atoms with Crippen molar-refractivity contribution in [3.63, 3.8) is 0 Å². The zero-order chi connectivity index (χ0) is 13.8. The monoisotopic (exact) mass is 322 g/mol. The van der Waals surface area contributed by atoms with Gasteiger partial charge in [-0.1, -0.05) is 0 Å². The number of rotatable bonds is 4. The van der Waals surface area contributed by atoms with Gasteiger partial charge in [0.1, 0.15) is 11.5 Å². The maximum atomic E-state index is 5.83. The Labute approximate surface area is 120 Å². The van der Waals surface area contributed by atoms with Gasteiger partial charge in [0, 0.05) is 18.3 Å². The minimum atomic E-state index is -0.0512. The summed E-state index contributed by atoms with van der Waals surface area (Å²) in [4.78, 5) is 4.17. The number of halogens is 1. The van der Waals surface area contributed by atoms with Crippen LogP contribution in [0.5, 0.6) is 17.4 Å². The first-order valence-electron chi connectivity index (χ1n) is 5.83. The van der Waals surface area contributed by atoms with E-state index in [1.165, 1.54) is 0 Å². The molecule has 0 spiro atoms. The molecule has 2 rings (SSSR count). The van der Waals surface area contributed by atoms with Gasteiger partial charge in [-0.05, 0) is 52.7 Å². The highest BCUT2D eigenvalue weighted by molar-refractivity contribution is 9.10. The van der Waals surface area contributed by atoms with Gasteiger partial charge in [0.2, 0.25) is 5.88 Å². The molecule has 100 valence electrons. The van der Waals surface area contributed by atoms with Crippen LogP contribution in [0.1, 0.15) is 18.5 Å². The summed E-state index contributed by atoms with van der Waals surface area (Å²) < 4.78 is 11.7. The third kappa shape index (κ3) is 3.45. The molecule has 1 aromatic heterocycles. The van der Waals surface area contributed by atoms with Crippen LogP contribution in [0.3, 0.4) is 0 Å². The van der Waals surface area contributed by atoms with Crippen molar-refractivity contribution in [3.05, 3.63) is 46.6 Å². The normalized spacial score (nSPS) is 12.0. The molecular formula is C14H15BrN2O2. The maximum Gasteiger partial charge on any atom is 0.219 e. The van der Waals surface area contributed by atoms with Crippen LogP contribution in [-0.2, 0) is 0 Å². The second kappa shape index (κ2) is 6.04. The Morgan fingerprint density at radius 1 is 1.26 bits per heavy atom. The predicted octanol–water partition coefficient (Wildman–Crippen LogP) is 3.66. The molecule has 0 fully saturated rings. The molecule has 0 bridgehead atoms. The largest absolute Gasteiger partial charge is 0.497 e. The van der Waals surface area contributed by atoms with Crippen LogP contribution >= 0.6 is 15.9 Å². The number of hydrogen-bond donors (Lipinski definition) is 1. The van der Waals surface area contributed by atoms with E-state index in [1.807, 2.05) is 37.3 Å². The van der Waals surface area contributed by atoms with Crippen molar-refractivity contribution < 1.29 is 9.47 Å². The topological polar surface area (TPSA) is 57.4 Å². The minimum absolute atomic E-state index is 0.0512. The fraction of sp³-hybridized carbons (Fsp3) is 0.214. The van der Waals surface area contributed by atoms with E-state index in [4.69, 9.17) is 15.2 Å². The number of nitrogens with two attached hydrogens (primary N) is 1. The highest BCUT2D eigenvalue weighted by Gasteiger charge is 2.07. The van der Waals surface area contributed by atoms with E-state index in [0.29, 0.717) is 11.6 Å². The summed E-state index contributed by atoms with van der Waals surface area (Å²) in [5.41, 5.74) is 6.82. The minimum Gasteiger partial charge on any atom is -0.497 e. The van der Waals surface area contributed by atoms with Crippen molar-refractivity contribution in [2.45, 2.75) is 13.0 Å². The van der Waals surface area contributed by atoms with Crippen LogP contribution in [-0.4, -0.2) is 12.1 Å². The summed E-state index contributed by atoms with van der Waals surface area (Å²) in [5, 5.41) is 0. The van der Waals surface area contributed by atoms with E-state index in [-0.39, 0.29) is 6.04 Å². The highest BCUT2D eigenvalue weighted by atomic mass is 79.9. The van der Waals surface area contributed by atoms with Crippen LogP contribution in [0.25, 0.3) is 0 Å². The smallest absolute Gasteiger partial charge is 0.219 e. The summed E-state index contributed by atoms with van der Waals surface area (Å²) >= 11 is 3.44. The van der Waals surface area contributed by atoms with E-state index in [9.17, 15) is 0 Å². The first-order valence-corrected chi connectivity index (χ1v) is 6.62. The molecule has 4 nitrogen and oxygen atoms in total. The summed E-state index contributed by atoms with van der Waals surface area (Å²) in [6.45, 7) is 1.92. The standard InChI is InChI=1S/C14H15BrN2O2/c1-9(16)10-5-6-17-14(7-10)19-13-4-3-11(18-2)8-12(13)15/h3-9H,16H2,1-2H3. The molecule has 19 heavy (non-hydrogen) atoms. The van der Waals surface area contributed by atoms with Gasteiger partial charge in [-0.3, -0.25) is 0 Å². The molecule has 5 heteroatoms. The van der Waals surface area contributed by atoms with Crippen LogP contribution in [0.15, 0.2) is 41.0 Å². The zero-order valence-corrected chi connectivity index (χ0v) is 12.3. The lowest BCUT2D eigenvalue weighted by Crippen LogP contribution is -2.05. The van der Waals surface area contributed by atoms with Gasteiger partial charge in [0.25, 0.3) is 0 Å². The van der Waals surface area contributed by atoms with Crippen molar-refractivity contribution in [1.29, 1.82) is 0 Å². The van der Waals surface area contributed by atoms with Crippen molar-refractivity contribution in [3.8, 4) is 17.4 Å². The molecule has 0 saturated heterocycles. The second-order valence-corrected chi connectivity index (χ2v) is 4.97. The number of aromatic nitrogens is 1. The fourth-order valence-corrected chi connectivity index (χ4v) is 2.01. The molecule has 0 amide bonds. The number of benzene rings is 1. The number of pyridine rings is 1. The number of nitrogens with zero attached hydrogens (tertiary/aromatic N) is 1.